The fourth-order valence-electron chi connectivity index (χ4n) is 1.55. The smallest absolute Gasteiger partial charge is 0.249 e. The molecule has 0 fully saturated rings. The van der Waals surface area contributed by atoms with E-state index in [-0.39, 0.29) is 5.04 Å². The van der Waals surface area contributed by atoms with Crippen molar-refractivity contribution < 1.29 is 4.43 Å². The quantitative estimate of drug-likeness (QED) is 0.562. The van der Waals surface area contributed by atoms with Gasteiger partial charge in [0.15, 0.2) is 0 Å². The van der Waals surface area contributed by atoms with Crippen molar-refractivity contribution in [3.8, 4) is 6.07 Å². The highest BCUT2D eigenvalue weighted by Crippen LogP contribution is 2.36. The van der Waals surface area contributed by atoms with Gasteiger partial charge in [-0.25, -0.2) is 0 Å². The molecule has 0 bridgehead atoms. The zero-order chi connectivity index (χ0) is 15.2. The number of allylic oxidation sites excluding steroid dienone is 1. The molecular weight excluding hydrogens is 262 g/mol. The van der Waals surface area contributed by atoms with Gasteiger partial charge in [0.1, 0.15) is 0 Å². The second-order valence-electron chi connectivity index (χ2n) is 6.56. The van der Waals surface area contributed by atoms with Crippen LogP contribution in [0.4, 0.5) is 0 Å². The summed E-state index contributed by atoms with van der Waals surface area (Å²) >= 11 is 0. The van der Waals surface area contributed by atoms with Crippen LogP contribution in [0, 0.1) is 11.3 Å². The number of rotatable bonds is 5. The monoisotopic (exact) mass is 287 g/mol. The molecule has 2 nitrogen and oxygen atoms in total. The Kier molecular flexibility index (Phi) is 5.59. The van der Waals surface area contributed by atoms with Crippen molar-refractivity contribution in [2.75, 3.05) is 0 Å². The second kappa shape index (κ2) is 6.76. The molecule has 1 aromatic carbocycles. The van der Waals surface area contributed by atoms with Crippen molar-refractivity contribution >= 4 is 8.32 Å². The molecule has 0 aromatic heterocycles. The molecule has 0 heterocycles. The third-order valence-electron chi connectivity index (χ3n) is 3.98. The van der Waals surface area contributed by atoms with E-state index in [0.29, 0.717) is 0 Å². The standard InChI is InChI=1S/C17H25NOSi/c1-17(2,3)20(4,5)19-13-9-8-11-15-10-6-7-12-16(15)14-18/h6-7,9-10,12-13H,8,11H2,1-5H3. The average molecular weight is 287 g/mol. The zero-order valence-electron chi connectivity index (χ0n) is 13.2. The van der Waals surface area contributed by atoms with Gasteiger partial charge >= 0.3 is 0 Å². The van der Waals surface area contributed by atoms with Crippen LogP contribution in [0.5, 0.6) is 0 Å². The maximum atomic E-state index is 9.03. The Morgan fingerprint density at radius 2 is 1.90 bits per heavy atom. The molecule has 0 saturated heterocycles. The number of nitriles is 1. The first kappa shape index (κ1) is 16.5. The SMILES string of the molecule is CC(C)(C)[Si](C)(C)OC=CCCc1ccccc1C#N. The van der Waals surface area contributed by atoms with E-state index >= 15 is 0 Å². The van der Waals surface area contributed by atoms with Gasteiger partial charge in [-0.2, -0.15) is 5.26 Å². The fourth-order valence-corrected chi connectivity index (χ4v) is 2.34. The molecule has 0 atom stereocenters. The van der Waals surface area contributed by atoms with E-state index in [1.54, 1.807) is 0 Å². The first-order valence-corrected chi connectivity index (χ1v) is 9.99. The maximum absolute atomic E-state index is 9.03. The fraction of sp³-hybridized carbons (Fsp3) is 0.471. The van der Waals surface area contributed by atoms with E-state index in [2.05, 4.69) is 46.0 Å². The van der Waals surface area contributed by atoms with Crippen molar-refractivity contribution in [2.45, 2.75) is 51.7 Å². The Morgan fingerprint density at radius 3 is 2.50 bits per heavy atom. The Balaban J connectivity index is 2.50. The van der Waals surface area contributed by atoms with Crippen LogP contribution in [0.1, 0.15) is 38.3 Å². The molecule has 0 aliphatic carbocycles. The number of benzene rings is 1. The van der Waals surface area contributed by atoms with Crippen LogP contribution in [0.3, 0.4) is 0 Å². The van der Waals surface area contributed by atoms with Crippen LogP contribution in [-0.4, -0.2) is 8.32 Å². The highest BCUT2D eigenvalue weighted by Gasteiger charge is 2.37. The number of aryl methyl sites for hydroxylation is 1. The van der Waals surface area contributed by atoms with Crippen LogP contribution in [0.25, 0.3) is 0 Å². The summed E-state index contributed by atoms with van der Waals surface area (Å²) in [6.45, 7) is 11.2. The number of hydrogen-bond donors (Lipinski definition) is 0. The number of nitrogens with zero attached hydrogens (tertiary/aromatic N) is 1. The van der Waals surface area contributed by atoms with E-state index in [9.17, 15) is 0 Å². The first-order valence-electron chi connectivity index (χ1n) is 7.09. The van der Waals surface area contributed by atoms with Crippen molar-refractivity contribution in [1.29, 1.82) is 5.26 Å². The lowest BCUT2D eigenvalue weighted by atomic mass is 10.0. The molecule has 20 heavy (non-hydrogen) atoms. The van der Waals surface area contributed by atoms with Crippen molar-refractivity contribution in [3.05, 3.63) is 47.7 Å². The summed E-state index contributed by atoms with van der Waals surface area (Å²) in [5.74, 6) is 0. The van der Waals surface area contributed by atoms with Crippen LogP contribution in [-0.2, 0) is 10.8 Å². The largest absolute Gasteiger partial charge is 0.549 e. The molecule has 0 radical (unpaired) electrons. The van der Waals surface area contributed by atoms with Gasteiger partial charge in [-0.15, -0.1) is 0 Å². The Morgan fingerprint density at radius 1 is 1.25 bits per heavy atom. The molecule has 0 aliphatic rings. The topological polar surface area (TPSA) is 33.0 Å². The molecule has 3 heteroatoms. The highest BCUT2D eigenvalue weighted by atomic mass is 28.4. The van der Waals surface area contributed by atoms with Crippen LogP contribution < -0.4 is 0 Å². The van der Waals surface area contributed by atoms with Crippen LogP contribution >= 0.6 is 0 Å². The van der Waals surface area contributed by atoms with Crippen molar-refractivity contribution in [2.24, 2.45) is 0 Å². The summed E-state index contributed by atoms with van der Waals surface area (Å²) in [4.78, 5) is 0. The van der Waals surface area contributed by atoms with Crippen LogP contribution in [0.15, 0.2) is 36.6 Å². The number of hydrogen-bond acceptors (Lipinski definition) is 2. The minimum Gasteiger partial charge on any atom is -0.549 e. The summed E-state index contributed by atoms with van der Waals surface area (Å²) in [6.07, 6.45) is 5.69. The molecule has 0 spiro atoms. The first-order chi connectivity index (χ1) is 9.28. The van der Waals surface area contributed by atoms with Gasteiger partial charge in [-0.1, -0.05) is 45.0 Å². The lowest BCUT2D eigenvalue weighted by Crippen LogP contribution is -2.39. The summed E-state index contributed by atoms with van der Waals surface area (Å²) < 4.78 is 5.98. The lowest BCUT2D eigenvalue weighted by molar-refractivity contribution is 0.428. The molecule has 0 amide bonds. The summed E-state index contributed by atoms with van der Waals surface area (Å²) in [6, 6.07) is 9.99. The van der Waals surface area contributed by atoms with E-state index < -0.39 is 8.32 Å². The molecule has 0 N–H and O–H groups in total. The van der Waals surface area contributed by atoms with Gasteiger partial charge in [0.2, 0.25) is 8.32 Å². The molecule has 0 unspecified atom stereocenters. The van der Waals surface area contributed by atoms with Crippen molar-refractivity contribution in [1.82, 2.24) is 0 Å². The third kappa shape index (κ3) is 4.54. The summed E-state index contributed by atoms with van der Waals surface area (Å²) in [5.41, 5.74) is 1.87. The molecular formula is C17H25NOSi. The van der Waals surface area contributed by atoms with E-state index in [1.165, 1.54) is 0 Å². The van der Waals surface area contributed by atoms with Gasteiger partial charge in [-0.05, 0) is 42.6 Å². The molecule has 1 aromatic rings. The third-order valence-corrected chi connectivity index (χ3v) is 8.32. The molecule has 0 saturated carbocycles. The predicted octanol–water partition coefficient (Wildman–Crippen LogP) is 5.03. The minimum atomic E-state index is -1.69. The van der Waals surface area contributed by atoms with Crippen LogP contribution in [0.2, 0.25) is 18.1 Å². The molecule has 1 rings (SSSR count). The second-order valence-corrected chi connectivity index (χ2v) is 11.3. The lowest BCUT2D eigenvalue weighted by Gasteiger charge is -2.34. The van der Waals surface area contributed by atoms with Gasteiger partial charge < -0.3 is 4.43 Å². The predicted molar refractivity (Wildman–Crippen MR) is 86.9 cm³/mol. The van der Waals surface area contributed by atoms with Crippen molar-refractivity contribution in [3.63, 3.8) is 0 Å². The maximum Gasteiger partial charge on any atom is 0.249 e. The minimum absolute atomic E-state index is 0.227. The van der Waals surface area contributed by atoms with E-state index in [1.807, 2.05) is 30.5 Å². The van der Waals surface area contributed by atoms with E-state index in [0.717, 1.165) is 24.0 Å². The Hall–Kier alpha value is -1.53. The Labute approximate surface area is 124 Å². The summed E-state index contributed by atoms with van der Waals surface area (Å²) in [5, 5.41) is 9.26. The van der Waals surface area contributed by atoms with Gasteiger partial charge in [0.05, 0.1) is 17.9 Å². The van der Waals surface area contributed by atoms with E-state index in [4.69, 9.17) is 9.69 Å². The normalized spacial score (nSPS) is 12.4. The highest BCUT2D eigenvalue weighted by molar-refractivity contribution is 6.74. The molecule has 0 aliphatic heterocycles. The zero-order valence-corrected chi connectivity index (χ0v) is 14.2. The Bertz CT molecular complexity index is 506. The molecule has 108 valence electrons. The van der Waals surface area contributed by atoms with Gasteiger partial charge in [0.25, 0.3) is 0 Å². The summed E-state index contributed by atoms with van der Waals surface area (Å²) in [7, 11) is -1.69. The average Bonchev–Trinajstić information content (AvgIpc) is 2.37. The van der Waals surface area contributed by atoms with Gasteiger partial charge in [0, 0.05) is 0 Å². The van der Waals surface area contributed by atoms with Gasteiger partial charge in [-0.3, -0.25) is 0 Å².